The molecule has 9 nitrogen and oxygen atoms in total. The van der Waals surface area contributed by atoms with Crippen LogP contribution in [0.1, 0.15) is 16.3 Å². The average molecular weight is 412 g/mol. The molecular formula is C19H16N4O5S. The normalized spacial score (nSPS) is 10.8. The molecule has 10 heteroatoms. The summed E-state index contributed by atoms with van der Waals surface area (Å²) in [6.45, 7) is 1.56. The molecule has 29 heavy (non-hydrogen) atoms. The third-order valence-corrected chi connectivity index (χ3v) is 4.53. The summed E-state index contributed by atoms with van der Waals surface area (Å²) < 4.78 is 16.8. The van der Waals surface area contributed by atoms with Gasteiger partial charge in [-0.2, -0.15) is 14.9 Å². The molecule has 2 aromatic heterocycles. The number of rotatable bonds is 7. The number of benzene rings is 1. The maximum atomic E-state index is 12.0. The molecule has 0 atom stereocenters. The number of ether oxygens (including phenoxy) is 3. The topological polar surface area (TPSA) is 116 Å². The number of nitrogens with zero attached hydrogens (tertiary/aromatic N) is 4. The molecule has 0 aliphatic rings. The van der Waals surface area contributed by atoms with E-state index in [0.29, 0.717) is 32.7 Å². The monoisotopic (exact) mass is 412 g/mol. The fourth-order valence-corrected chi connectivity index (χ4v) is 3.24. The fourth-order valence-electron chi connectivity index (χ4n) is 2.38. The molecule has 2 heterocycles. The van der Waals surface area contributed by atoms with Gasteiger partial charge in [-0.3, -0.25) is 4.79 Å². The molecule has 0 aliphatic heterocycles. The molecule has 0 saturated heterocycles. The fraction of sp³-hybridized carbons (Fsp3) is 0.211. The van der Waals surface area contributed by atoms with Crippen LogP contribution in [0, 0.1) is 18.3 Å². The standard InChI is InChI=1S/C19H16N4O5S/c1-12-9-17(24)23-19(21-12)29-16(22-23)11-28-18(25)6-4-13-3-5-14(27-8-7-20)15(10-13)26-2/h3-6,9-10H,8,11H2,1-2H3/b6-4+. The molecule has 0 fully saturated rings. The van der Waals surface area contributed by atoms with E-state index in [1.54, 1.807) is 31.2 Å². The van der Waals surface area contributed by atoms with Gasteiger partial charge in [0.05, 0.1) is 7.11 Å². The molecule has 148 valence electrons. The first kappa shape index (κ1) is 20.0. The van der Waals surface area contributed by atoms with Crippen molar-refractivity contribution in [1.29, 1.82) is 5.26 Å². The zero-order valence-electron chi connectivity index (χ0n) is 15.6. The summed E-state index contributed by atoms with van der Waals surface area (Å²) in [6.07, 6.45) is 2.83. The van der Waals surface area contributed by atoms with Gasteiger partial charge in [0.25, 0.3) is 5.56 Å². The minimum Gasteiger partial charge on any atom is -0.493 e. The van der Waals surface area contributed by atoms with E-state index < -0.39 is 5.97 Å². The summed E-state index contributed by atoms with van der Waals surface area (Å²) in [7, 11) is 1.48. The van der Waals surface area contributed by atoms with Crippen LogP contribution in [0.4, 0.5) is 0 Å². The molecule has 0 aliphatic carbocycles. The van der Waals surface area contributed by atoms with Crippen LogP contribution in [-0.2, 0) is 16.1 Å². The summed E-state index contributed by atoms with van der Waals surface area (Å²) in [4.78, 5) is 28.5. The highest BCUT2D eigenvalue weighted by Gasteiger charge is 2.09. The lowest BCUT2D eigenvalue weighted by Crippen LogP contribution is -2.14. The minimum atomic E-state index is -0.565. The molecule has 0 amide bonds. The van der Waals surface area contributed by atoms with Crippen LogP contribution < -0.4 is 15.0 Å². The number of hydrogen-bond acceptors (Lipinski definition) is 9. The van der Waals surface area contributed by atoms with Gasteiger partial charge in [-0.25, -0.2) is 9.78 Å². The second-order valence-corrected chi connectivity index (χ2v) is 6.76. The Hall–Kier alpha value is -3.71. The van der Waals surface area contributed by atoms with Crippen molar-refractivity contribution in [3.8, 4) is 17.6 Å². The third kappa shape index (κ3) is 4.97. The largest absolute Gasteiger partial charge is 0.493 e. The van der Waals surface area contributed by atoms with E-state index in [2.05, 4.69) is 10.1 Å². The van der Waals surface area contributed by atoms with Crippen LogP contribution >= 0.6 is 11.3 Å². The lowest BCUT2D eigenvalue weighted by atomic mass is 10.2. The number of carbonyl (C=O) groups excluding carboxylic acids is 1. The van der Waals surface area contributed by atoms with Crippen molar-refractivity contribution in [1.82, 2.24) is 14.6 Å². The van der Waals surface area contributed by atoms with Gasteiger partial charge in [-0.05, 0) is 30.7 Å². The summed E-state index contributed by atoms with van der Waals surface area (Å²) >= 11 is 1.18. The second-order valence-electron chi connectivity index (χ2n) is 5.72. The van der Waals surface area contributed by atoms with Gasteiger partial charge in [-0.1, -0.05) is 17.4 Å². The van der Waals surface area contributed by atoms with E-state index in [4.69, 9.17) is 19.5 Å². The van der Waals surface area contributed by atoms with E-state index in [9.17, 15) is 9.59 Å². The van der Waals surface area contributed by atoms with Gasteiger partial charge in [0, 0.05) is 17.8 Å². The lowest BCUT2D eigenvalue weighted by Gasteiger charge is -2.08. The van der Waals surface area contributed by atoms with Crippen molar-refractivity contribution in [2.24, 2.45) is 0 Å². The molecular weight excluding hydrogens is 396 g/mol. The lowest BCUT2D eigenvalue weighted by molar-refractivity contribution is -0.138. The summed E-state index contributed by atoms with van der Waals surface area (Å²) in [5, 5.41) is 13.2. The van der Waals surface area contributed by atoms with Crippen molar-refractivity contribution in [2.75, 3.05) is 13.7 Å². The van der Waals surface area contributed by atoms with E-state index in [0.717, 1.165) is 0 Å². The highest BCUT2D eigenvalue weighted by atomic mass is 32.1. The zero-order valence-corrected chi connectivity index (χ0v) is 16.4. The Balaban J connectivity index is 1.63. The second kappa shape index (κ2) is 8.99. The minimum absolute atomic E-state index is 0.0695. The predicted octanol–water partition coefficient (Wildman–Crippen LogP) is 2.13. The molecule has 0 radical (unpaired) electrons. The highest BCUT2D eigenvalue weighted by Crippen LogP contribution is 2.28. The average Bonchev–Trinajstić information content (AvgIpc) is 3.12. The van der Waals surface area contributed by atoms with Crippen molar-refractivity contribution >= 4 is 28.3 Å². The Kier molecular flexibility index (Phi) is 6.21. The Bertz CT molecular complexity index is 1180. The molecule has 0 bridgehead atoms. The van der Waals surface area contributed by atoms with Gasteiger partial charge in [-0.15, -0.1) is 0 Å². The molecule has 0 N–H and O–H groups in total. The summed E-state index contributed by atoms with van der Waals surface area (Å²) in [5.41, 5.74) is 1.01. The maximum absolute atomic E-state index is 12.0. The van der Waals surface area contributed by atoms with E-state index >= 15 is 0 Å². The molecule has 0 spiro atoms. The number of nitriles is 1. The molecule has 3 rings (SSSR count). The van der Waals surface area contributed by atoms with Crippen LogP contribution in [-0.4, -0.2) is 34.3 Å². The van der Waals surface area contributed by atoms with Gasteiger partial charge >= 0.3 is 5.97 Å². The van der Waals surface area contributed by atoms with E-state index in [-0.39, 0.29) is 18.8 Å². The van der Waals surface area contributed by atoms with Crippen LogP contribution in [0.5, 0.6) is 11.5 Å². The van der Waals surface area contributed by atoms with Crippen LogP contribution in [0.25, 0.3) is 11.0 Å². The van der Waals surface area contributed by atoms with Gasteiger partial charge in [0.1, 0.15) is 12.7 Å². The number of esters is 1. The molecule has 3 aromatic rings. The molecule has 1 aromatic carbocycles. The van der Waals surface area contributed by atoms with Crippen molar-refractivity contribution in [2.45, 2.75) is 13.5 Å². The van der Waals surface area contributed by atoms with E-state index in [1.807, 2.05) is 6.07 Å². The number of hydrogen-bond donors (Lipinski definition) is 0. The van der Waals surface area contributed by atoms with Gasteiger partial charge in [0.15, 0.2) is 23.1 Å². The van der Waals surface area contributed by atoms with Crippen molar-refractivity contribution in [3.05, 3.63) is 57.0 Å². The van der Waals surface area contributed by atoms with Gasteiger partial charge < -0.3 is 14.2 Å². The van der Waals surface area contributed by atoms with Crippen molar-refractivity contribution < 1.29 is 19.0 Å². The van der Waals surface area contributed by atoms with E-state index in [1.165, 1.54) is 35.1 Å². The maximum Gasteiger partial charge on any atom is 0.331 e. The quantitative estimate of drug-likeness (QED) is 0.428. The number of methoxy groups -OCH3 is 1. The first-order chi connectivity index (χ1) is 14.0. The number of aryl methyl sites for hydroxylation is 1. The molecule has 0 saturated carbocycles. The Labute approximate surface area is 169 Å². The third-order valence-electron chi connectivity index (χ3n) is 3.64. The Morgan fingerprint density at radius 2 is 2.17 bits per heavy atom. The molecule has 0 unspecified atom stereocenters. The SMILES string of the molecule is COc1cc(/C=C/C(=O)OCc2nn3c(=O)cc(C)nc3s2)ccc1OCC#N. The van der Waals surface area contributed by atoms with Crippen LogP contribution in [0.15, 0.2) is 35.1 Å². The zero-order chi connectivity index (χ0) is 20.8. The number of fused-ring (bicyclic) bond motifs is 1. The Morgan fingerprint density at radius 1 is 1.34 bits per heavy atom. The van der Waals surface area contributed by atoms with Crippen LogP contribution in [0.3, 0.4) is 0 Å². The number of aromatic nitrogens is 3. The number of carbonyl (C=O) groups is 1. The predicted molar refractivity (Wildman–Crippen MR) is 105 cm³/mol. The summed E-state index contributed by atoms with van der Waals surface area (Å²) in [6, 6.07) is 8.30. The smallest absolute Gasteiger partial charge is 0.331 e. The summed E-state index contributed by atoms with van der Waals surface area (Å²) in [5.74, 6) is 0.312. The highest BCUT2D eigenvalue weighted by molar-refractivity contribution is 7.16. The van der Waals surface area contributed by atoms with Crippen LogP contribution in [0.2, 0.25) is 0 Å². The Morgan fingerprint density at radius 3 is 2.93 bits per heavy atom. The van der Waals surface area contributed by atoms with Crippen molar-refractivity contribution in [3.63, 3.8) is 0 Å². The first-order valence-electron chi connectivity index (χ1n) is 8.39. The first-order valence-corrected chi connectivity index (χ1v) is 9.21. The van der Waals surface area contributed by atoms with Gasteiger partial charge in [0.2, 0.25) is 4.96 Å².